The van der Waals surface area contributed by atoms with Gasteiger partial charge in [0, 0.05) is 11.6 Å². The van der Waals surface area contributed by atoms with E-state index in [0.717, 1.165) is 24.0 Å². The Kier molecular flexibility index (Phi) is 6.23. The van der Waals surface area contributed by atoms with E-state index in [-0.39, 0.29) is 11.3 Å². The molecule has 0 atom stereocenters. The van der Waals surface area contributed by atoms with Crippen molar-refractivity contribution < 1.29 is 13.2 Å². The lowest BCUT2D eigenvalue weighted by molar-refractivity contribution is -0.117. The summed E-state index contributed by atoms with van der Waals surface area (Å²) in [7, 11) is -3.65. The molecule has 2 rings (SSSR count). The Bertz CT molecular complexity index is 788. The molecule has 7 heteroatoms. The number of primary amides is 1. The predicted molar refractivity (Wildman–Crippen MR) is 95.6 cm³/mol. The molecule has 128 valence electrons. The van der Waals surface area contributed by atoms with Crippen LogP contribution in [0.25, 0.3) is 0 Å². The minimum absolute atomic E-state index is 0.122. The van der Waals surface area contributed by atoms with E-state index in [0.29, 0.717) is 11.6 Å². The molecule has 0 saturated carbocycles. The molecule has 3 N–H and O–H groups in total. The van der Waals surface area contributed by atoms with Gasteiger partial charge in [-0.15, -0.1) is 11.6 Å². The van der Waals surface area contributed by atoms with Crippen LogP contribution in [0.3, 0.4) is 0 Å². The number of carbonyl (C=O) groups is 1. The van der Waals surface area contributed by atoms with Crippen molar-refractivity contribution in [1.29, 1.82) is 0 Å². The molecule has 0 aliphatic carbocycles. The van der Waals surface area contributed by atoms with E-state index < -0.39 is 15.9 Å². The number of alkyl halides is 1. The molecule has 5 nitrogen and oxygen atoms in total. The fourth-order valence-electron chi connectivity index (χ4n) is 2.21. The summed E-state index contributed by atoms with van der Waals surface area (Å²) < 4.78 is 27.3. The number of hydrogen-bond donors (Lipinski definition) is 2. The van der Waals surface area contributed by atoms with Gasteiger partial charge in [0.1, 0.15) is 0 Å². The molecular formula is C17H19ClN2O3S. The molecule has 0 radical (unpaired) electrons. The van der Waals surface area contributed by atoms with Crippen LogP contribution in [0.4, 0.5) is 5.69 Å². The zero-order valence-electron chi connectivity index (χ0n) is 13.0. The maximum atomic E-state index is 12.4. The maximum Gasteiger partial charge on any atom is 0.261 e. The van der Waals surface area contributed by atoms with E-state index in [1.165, 1.54) is 0 Å². The van der Waals surface area contributed by atoms with Gasteiger partial charge < -0.3 is 5.73 Å². The molecular weight excluding hydrogens is 348 g/mol. The predicted octanol–water partition coefficient (Wildman–Crippen LogP) is 2.69. The maximum absolute atomic E-state index is 12.4. The van der Waals surface area contributed by atoms with E-state index in [9.17, 15) is 13.2 Å². The summed E-state index contributed by atoms with van der Waals surface area (Å²) in [5, 5.41) is 0. The SMILES string of the molecule is NC(=O)Cc1ccc(NS(=O)(=O)c2ccc(CCCCl)cc2)cc1. The first-order valence-corrected chi connectivity index (χ1v) is 9.47. The number of sulfonamides is 1. The summed E-state index contributed by atoms with van der Waals surface area (Å²) in [6.45, 7) is 0. The third kappa shape index (κ3) is 5.25. The van der Waals surface area contributed by atoms with Gasteiger partial charge in [-0.3, -0.25) is 9.52 Å². The van der Waals surface area contributed by atoms with Crippen LogP contribution in [0.1, 0.15) is 17.5 Å². The summed E-state index contributed by atoms with van der Waals surface area (Å²) >= 11 is 5.65. The van der Waals surface area contributed by atoms with Gasteiger partial charge >= 0.3 is 0 Å². The smallest absolute Gasteiger partial charge is 0.261 e. The number of anilines is 1. The highest BCUT2D eigenvalue weighted by Gasteiger charge is 2.14. The summed E-state index contributed by atoms with van der Waals surface area (Å²) in [4.78, 5) is 11.1. The molecule has 0 aliphatic heterocycles. The summed E-state index contributed by atoms with van der Waals surface area (Å²) in [5.74, 6) is 0.144. The summed E-state index contributed by atoms with van der Waals surface area (Å²) in [5.41, 5.74) is 7.33. The van der Waals surface area contributed by atoms with Gasteiger partial charge in [0.15, 0.2) is 0 Å². The normalized spacial score (nSPS) is 11.2. The number of rotatable bonds is 8. The Morgan fingerprint density at radius 1 is 1.00 bits per heavy atom. The lowest BCUT2D eigenvalue weighted by atomic mass is 10.1. The molecule has 0 heterocycles. The van der Waals surface area contributed by atoms with E-state index in [4.69, 9.17) is 17.3 Å². The molecule has 0 spiro atoms. The van der Waals surface area contributed by atoms with Crippen LogP contribution in [0, 0.1) is 0 Å². The summed E-state index contributed by atoms with van der Waals surface area (Å²) in [6.07, 6.45) is 1.79. The van der Waals surface area contributed by atoms with Crippen LogP contribution in [0.2, 0.25) is 0 Å². The van der Waals surface area contributed by atoms with Crippen LogP contribution in [0.15, 0.2) is 53.4 Å². The van der Waals surface area contributed by atoms with E-state index >= 15 is 0 Å². The Morgan fingerprint density at radius 2 is 1.58 bits per heavy atom. The topological polar surface area (TPSA) is 89.3 Å². The lowest BCUT2D eigenvalue weighted by Gasteiger charge is -2.09. The molecule has 0 fully saturated rings. The molecule has 1 amide bonds. The van der Waals surface area contributed by atoms with Crippen molar-refractivity contribution in [1.82, 2.24) is 0 Å². The number of aryl methyl sites for hydroxylation is 1. The number of nitrogens with two attached hydrogens (primary N) is 1. The largest absolute Gasteiger partial charge is 0.369 e. The minimum Gasteiger partial charge on any atom is -0.369 e. The van der Waals surface area contributed by atoms with Crippen molar-refractivity contribution in [3.05, 3.63) is 59.7 Å². The fraction of sp³-hybridized carbons (Fsp3) is 0.235. The van der Waals surface area contributed by atoms with Crippen LogP contribution in [-0.4, -0.2) is 20.2 Å². The van der Waals surface area contributed by atoms with Gasteiger partial charge in [-0.2, -0.15) is 0 Å². The van der Waals surface area contributed by atoms with Crippen molar-refractivity contribution in [3.63, 3.8) is 0 Å². The zero-order chi connectivity index (χ0) is 17.6. The van der Waals surface area contributed by atoms with Gasteiger partial charge in [-0.05, 0) is 48.2 Å². The van der Waals surface area contributed by atoms with Gasteiger partial charge in [0.2, 0.25) is 5.91 Å². The third-order valence-electron chi connectivity index (χ3n) is 3.42. The average molecular weight is 367 g/mol. The van der Waals surface area contributed by atoms with Crippen LogP contribution >= 0.6 is 11.6 Å². The zero-order valence-corrected chi connectivity index (χ0v) is 14.6. The molecule has 2 aromatic rings. The highest BCUT2D eigenvalue weighted by Crippen LogP contribution is 2.18. The first-order chi connectivity index (χ1) is 11.4. The highest BCUT2D eigenvalue weighted by atomic mass is 35.5. The first kappa shape index (κ1) is 18.3. The molecule has 0 saturated heterocycles. The second-order valence-electron chi connectivity index (χ2n) is 5.38. The Morgan fingerprint density at radius 3 is 2.12 bits per heavy atom. The van der Waals surface area contributed by atoms with Gasteiger partial charge in [0.05, 0.1) is 11.3 Å². The molecule has 0 unspecified atom stereocenters. The molecule has 0 aliphatic rings. The fourth-order valence-corrected chi connectivity index (χ4v) is 3.40. The van der Waals surface area contributed by atoms with Crippen molar-refractivity contribution >= 4 is 33.2 Å². The number of halogens is 1. The van der Waals surface area contributed by atoms with Gasteiger partial charge in [-0.1, -0.05) is 24.3 Å². The molecule has 2 aromatic carbocycles. The highest BCUT2D eigenvalue weighted by molar-refractivity contribution is 7.92. The second-order valence-corrected chi connectivity index (χ2v) is 7.44. The quantitative estimate of drug-likeness (QED) is 0.704. The third-order valence-corrected chi connectivity index (χ3v) is 5.08. The van der Waals surface area contributed by atoms with E-state index in [2.05, 4.69) is 4.72 Å². The number of amides is 1. The van der Waals surface area contributed by atoms with Gasteiger partial charge in [0.25, 0.3) is 10.0 Å². The number of hydrogen-bond acceptors (Lipinski definition) is 3. The Balaban J connectivity index is 2.08. The lowest BCUT2D eigenvalue weighted by Crippen LogP contribution is -2.14. The van der Waals surface area contributed by atoms with Crippen molar-refractivity contribution in [2.24, 2.45) is 5.73 Å². The summed E-state index contributed by atoms with van der Waals surface area (Å²) in [6, 6.07) is 13.3. The molecule has 0 aromatic heterocycles. The number of carbonyl (C=O) groups excluding carboxylic acids is 1. The molecule has 24 heavy (non-hydrogen) atoms. The standard InChI is InChI=1S/C17H19ClN2O3S/c18-11-1-2-13-5-9-16(10-6-13)24(22,23)20-15-7-3-14(4-8-15)12-17(19)21/h3-10,20H,1-2,11-12H2,(H2,19,21). The number of nitrogens with one attached hydrogen (secondary N) is 1. The van der Waals surface area contributed by atoms with E-state index in [1.54, 1.807) is 48.5 Å². The average Bonchev–Trinajstić information content (AvgIpc) is 2.54. The minimum atomic E-state index is -3.65. The number of benzene rings is 2. The Hall–Kier alpha value is -2.05. The van der Waals surface area contributed by atoms with Crippen LogP contribution in [0.5, 0.6) is 0 Å². The second kappa shape index (κ2) is 8.17. The van der Waals surface area contributed by atoms with Crippen molar-refractivity contribution in [2.75, 3.05) is 10.6 Å². The molecule has 0 bridgehead atoms. The van der Waals surface area contributed by atoms with Crippen LogP contribution < -0.4 is 10.5 Å². The monoisotopic (exact) mass is 366 g/mol. The van der Waals surface area contributed by atoms with Crippen LogP contribution in [-0.2, 0) is 27.7 Å². The first-order valence-electron chi connectivity index (χ1n) is 7.46. The Labute approximate surface area is 146 Å². The van der Waals surface area contributed by atoms with Crippen molar-refractivity contribution in [3.8, 4) is 0 Å². The van der Waals surface area contributed by atoms with Gasteiger partial charge in [-0.25, -0.2) is 8.42 Å². The van der Waals surface area contributed by atoms with E-state index in [1.807, 2.05) is 0 Å². The van der Waals surface area contributed by atoms with Crippen molar-refractivity contribution in [2.45, 2.75) is 24.2 Å².